The van der Waals surface area contributed by atoms with E-state index < -0.39 is 50.9 Å². The van der Waals surface area contributed by atoms with Crippen molar-refractivity contribution >= 4 is 31.3 Å². The smallest absolute Gasteiger partial charge is 0.394 e. The molecule has 0 spiro atoms. The molecule has 3 aromatic heterocycles. The molecule has 13 nitrogen and oxygen atoms in total. The largest absolute Gasteiger partial charge is 0.695 e. The number of hydrogen-bond donors (Lipinski definition) is 4. The van der Waals surface area contributed by atoms with Gasteiger partial charge in [0.05, 0.1) is 12.9 Å². The van der Waals surface area contributed by atoms with Crippen molar-refractivity contribution in [2.75, 3.05) is 11.9 Å². The number of halogens is 1. The molecule has 15 heteroatoms. The molecule has 0 bridgehead atoms. The van der Waals surface area contributed by atoms with Gasteiger partial charge in [0.25, 0.3) is 5.56 Å². The van der Waals surface area contributed by atoms with Crippen LogP contribution in [0.4, 0.5) is 10.3 Å². The first-order valence-electron chi connectivity index (χ1n) is 10.1. The van der Waals surface area contributed by atoms with Crippen molar-refractivity contribution in [1.82, 2.24) is 24.5 Å². The second-order valence-electron chi connectivity index (χ2n) is 7.41. The molecule has 4 rings (SSSR count). The maximum absolute atomic E-state index is 14.4. The molecule has 1 fully saturated rings. The fourth-order valence-corrected chi connectivity index (χ4v) is 3.46. The molecule has 1 aliphatic rings. The molecule has 34 heavy (non-hydrogen) atoms. The first-order chi connectivity index (χ1) is 16.2. The van der Waals surface area contributed by atoms with Crippen LogP contribution in [0.15, 0.2) is 41.7 Å². The number of amides is 1. The number of alkyl halides is 1. The average Bonchev–Trinajstić information content (AvgIpc) is 3.36. The highest BCUT2D eigenvalue weighted by atomic mass is 31.1. The van der Waals surface area contributed by atoms with Gasteiger partial charge in [0.15, 0.2) is 29.7 Å². The Morgan fingerprint density at radius 3 is 2.62 bits per heavy atom. The van der Waals surface area contributed by atoms with E-state index in [1.807, 2.05) is 18.2 Å². The molecular formula is C19H23FN6O7P+. The minimum absolute atomic E-state index is 0.0691. The predicted molar refractivity (Wildman–Crippen MR) is 116 cm³/mol. The van der Waals surface area contributed by atoms with Gasteiger partial charge < -0.3 is 9.84 Å². The first-order valence-corrected chi connectivity index (χ1v) is 11.2. The van der Waals surface area contributed by atoms with Crippen LogP contribution >= 0.6 is 8.25 Å². The number of nitrogens with one attached hydrogen (secondary N) is 2. The van der Waals surface area contributed by atoms with E-state index in [1.165, 1.54) is 0 Å². The molecule has 0 aromatic carbocycles. The molecule has 182 valence electrons. The quantitative estimate of drug-likeness (QED) is 0.359. The van der Waals surface area contributed by atoms with Crippen LogP contribution < -0.4 is 10.9 Å². The summed E-state index contributed by atoms with van der Waals surface area (Å²) in [4.78, 5) is 47.3. The first kappa shape index (κ1) is 25.5. The van der Waals surface area contributed by atoms with Crippen LogP contribution in [0.2, 0.25) is 0 Å². The number of nitrogens with zero attached hydrogens (tertiary/aromatic N) is 4. The summed E-state index contributed by atoms with van der Waals surface area (Å²) in [5.74, 6) is -0.925. The summed E-state index contributed by atoms with van der Waals surface area (Å²) in [5, 5.41) is 11.7. The lowest BCUT2D eigenvalue weighted by Gasteiger charge is -2.16. The standard InChI is InChI=1S/C14H17FN5O7P.C5H5N/c1-5(2)11(22)18-14-17-10-8(12(23)19-14)16-4-20(10)13-9(27-28(24)25)7(15)6(3-21)26-13;1-2-4-6-5-3-1/h4-7,9,13,21H,3H2,1-2H3,(H2-,17,18,19,22,23,24,25);1-5H/p+1/t6-,7+,9-,13-;/m1./s1. The molecule has 0 saturated carbocycles. The summed E-state index contributed by atoms with van der Waals surface area (Å²) < 4.78 is 36.8. The number of rotatable bonds is 6. The fraction of sp³-hybridized carbons (Fsp3) is 0.421. The number of ether oxygens (including phenoxy) is 1. The minimum Gasteiger partial charge on any atom is -0.394 e. The van der Waals surface area contributed by atoms with Gasteiger partial charge in [0.2, 0.25) is 11.9 Å². The SMILES string of the molecule is CC(C)C(=O)Nc1nc2c(ncn2[C@@H]2O[C@H](CO)[C@H](F)[C@H]2O[P+](=O)O)c(=O)[nH]1.c1ccncc1. The van der Waals surface area contributed by atoms with Crippen LogP contribution in [0.25, 0.3) is 11.2 Å². The zero-order valence-corrected chi connectivity index (χ0v) is 19.0. The predicted octanol–water partition coefficient (Wildman–Crippen LogP) is 1.06. The summed E-state index contributed by atoms with van der Waals surface area (Å²) in [7, 11) is -3.17. The molecular weight excluding hydrogens is 474 g/mol. The van der Waals surface area contributed by atoms with Crippen LogP contribution in [-0.2, 0) is 18.6 Å². The van der Waals surface area contributed by atoms with Gasteiger partial charge in [-0.2, -0.15) is 4.98 Å². The number of H-pyrrole nitrogens is 1. The highest BCUT2D eigenvalue weighted by Crippen LogP contribution is 2.39. The third-order valence-electron chi connectivity index (χ3n) is 4.70. The van der Waals surface area contributed by atoms with Gasteiger partial charge in [-0.1, -0.05) is 19.9 Å². The molecule has 3 aromatic rings. The highest BCUT2D eigenvalue weighted by molar-refractivity contribution is 7.32. The maximum Gasteiger partial charge on any atom is 0.695 e. The number of anilines is 1. The molecule has 0 radical (unpaired) electrons. The number of aromatic amines is 1. The Bertz CT molecular complexity index is 1160. The van der Waals surface area contributed by atoms with E-state index in [2.05, 4.69) is 25.3 Å². The van der Waals surface area contributed by atoms with E-state index >= 15 is 0 Å². The lowest BCUT2D eigenvalue weighted by atomic mass is 10.1. The van der Waals surface area contributed by atoms with Crippen LogP contribution in [-0.4, -0.2) is 65.4 Å². The van der Waals surface area contributed by atoms with Gasteiger partial charge in [0.1, 0.15) is 6.10 Å². The summed E-state index contributed by atoms with van der Waals surface area (Å²) >= 11 is 0. The number of carbonyl (C=O) groups excluding carboxylic acids is 1. The Morgan fingerprint density at radius 1 is 1.38 bits per heavy atom. The lowest BCUT2D eigenvalue weighted by Crippen LogP contribution is -2.30. The molecule has 5 atom stereocenters. The topological polar surface area (TPSA) is 182 Å². The van der Waals surface area contributed by atoms with Gasteiger partial charge in [-0.05, 0) is 12.1 Å². The number of aliphatic hydroxyl groups excluding tert-OH is 1. The molecule has 0 aliphatic carbocycles. The highest BCUT2D eigenvalue weighted by Gasteiger charge is 2.51. The van der Waals surface area contributed by atoms with E-state index in [0.717, 1.165) is 10.9 Å². The van der Waals surface area contributed by atoms with Gasteiger partial charge in [-0.3, -0.25) is 29.4 Å². The summed E-state index contributed by atoms with van der Waals surface area (Å²) in [6.45, 7) is 2.60. The van der Waals surface area contributed by atoms with Crippen molar-refractivity contribution in [3.8, 4) is 0 Å². The number of carbonyl (C=O) groups is 1. The van der Waals surface area contributed by atoms with Crippen LogP contribution in [0, 0.1) is 5.92 Å². The monoisotopic (exact) mass is 497 g/mol. The van der Waals surface area contributed by atoms with Crippen molar-refractivity contribution in [3.63, 3.8) is 0 Å². The Hall–Kier alpha value is -3.16. The minimum atomic E-state index is -3.17. The Labute approximate surface area is 192 Å². The second-order valence-corrected chi connectivity index (χ2v) is 8.09. The zero-order chi connectivity index (χ0) is 24.8. The Kier molecular flexibility index (Phi) is 8.47. The number of aromatic nitrogens is 5. The van der Waals surface area contributed by atoms with Gasteiger partial charge >= 0.3 is 8.25 Å². The van der Waals surface area contributed by atoms with Crippen molar-refractivity contribution in [2.24, 2.45) is 5.92 Å². The normalized spacial score (nSPS) is 22.4. The van der Waals surface area contributed by atoms with E-state index in [4.69, 9.17) is 14.2 Å². The summed E-state index contributed by atoms with van der Waals surface area (Å²) in [6.07, 6.45) is -1.49. The van der Waals surface area contributed by atoms with Crippen molar-refractivity contribution < 1.29 is 33.0 Å². The van der Waals surface area contributed by atoms with E-state index in [9.17, 15) is 23.7 Å². The van der Waals surface area contributed by atoms with E-state index in [-0.39, 0.29) is 23.0 Å². The average molecular weight is 497 g/mol. The lowest BCUT2D eigenvalue weighted by molar-refractivity contribution is -0.118. The van der Waals surface area contributed by atoms with Crippen LogP contribution in [0.3, 0.4) is 0 Å². The molecule has 1 amide bonds. The third-order valence-corrected chi connectivity index (χ3v) is 5.12. The van der Waals surface area contributed by atoms with Gasteiger partial charge in [-0.15, -0.1) is 9.42 Å². The number of fused-ring (bicyclic) bond motifs is 1. The number of hydrogen-bond acceptors (Lipinski definition) is 9. The summed E-state index contributed by atoms with van der Waals surface area (Å²) in [5.41, 5.74) is -0.858. The van der Waals surface area contributed by atoms with Gasteiger partial charge in [0, 0.05) is 22.9 Å². The molecule has 4 heterocycles. The number of pyridine rings is 1. The molecule has 1 saturated heterocycles. The number of imidazole rings is 1. The van der Waals surface area contributed by atoms with Crippen LogP contribution in [0.5, 0.6) is 0 Å². The summed E-state index contributed by atoms with van der Waals surface area (Å²) in [6, 6.07) is 5.72. The Balaban J connectivity index is 0.000000469. The van der Waals surface area contributed by atoms with Crippen molar-refractivity contribution in [2.45, 2.75) is 38.5 Å². The number of aliphatic hydroxyl groups is 1. The third kappa shape index (κ3) is 5.85. The fourth-order valence-electron chi connectivity index (χ4n) is 3.03. The van der Waals surface area contributed by atoms with Crippen LogP contribution in [0.1, 0.15) is 20.1 Å². The second kappa shape index (κ2) is 11.3. The van der Waals surface area contributed by atoms with E-state index in [0.29, 0.717) is 0 Å². The van der Waals surface area contributed by atoms with Crippen molar-refractivity contribution in [3.05, 3.63) is 47.3 Å². The van der Waals surface area contributed by atoms with E-state index in [1.54, 1.807) is 26.2 Å². The zero-order valence-electron chi connectivity index (χ0n) is 18.1. The Morgan fingerprint density at radius 2 is 2.09 bits per heavy atom. The molecule has 4 N–H and O–H groups in total. The molecule has 1 aliphatic heterocycles. The maximum atomic E-state index is 14.4. The van der Waals surface area contributed by atoms with Crippen molar-refractivity contribution in [1.29, 1.82) is 0 Å². The molecule has 1 unspecified atom stereocenters. The van der Waals surface area contributed by atoms with Gasteiger partial charge in [-0.25, -0.2) is 9.37 Å².